The number of hydrogen-bond donors (Lipinski definition) is 3. The van der Waals surface area contributed by atoms with Gasteiger partial charge in [-0.1, -0.05) is 116 Å². The summed E-state index contributed by atoms with van der Waals surface area (Å²) in [5, 5.41) is 20.8. The molecule has 1 heterocycles. The van der Waals surface area contributed by atoms with Crippen molar-refractivity contribution in [1.29, 1.82) is 0 Å². The summed E-state index contributed by atoms with van der Waals surface area (Å²) in [7, 11) is -1.64. The predicted octanol–water partition coefficient (Wildman–Crippen LogP) is 7.17. The van der Waals surface area contributed by atoms with Gasteiger partial charge in [0.05, 0.1) is 29.8 Å². The van der Waals surface area contributed by atoms with E-state index in [9.17, 15) is 18.6 Å². The lowest BCUT2D eigenvalue weighted by atomic mass is 9.89. The molecule has 0 saturated carbocycles. The molecular weight excluding hydrogens is 661 g/mol. The zero-order valence-electron chi connectivity index (χ0n) is 29.2. The molecule has 1 aliphatic rings. The van der Waals surface area contributed by atoms with E-state index in [4.69, 9.17) is 9.47 Å². The first-order chi connectivity index (χ1) is 24.6. The Morgan fingerprint density at radius 2 is 1.41 bits per heavy atom. The maximum Gasteiger partial charge on any atom is 0.240 e. The Kier molecular flexibility index (Phi) is 11.8. The zero-order chi connectivity index (χ0) is 36.0. The SMILES string of the molecule is C[C@H]1[C@@H](CN(C)[C@H](C)[C@@H](O)c2ccccc2)O[C@@H](c2cccc(-c3cccc(CNS(=O)(=O)c4ccccc4)c3)c2)O[C@H]1c1ccc(CO)cc1. The summed E-state index contributed by atoms with van der Waals surface area (Å²) >= 11 is 0. The third-order valence-corrected chi connectivity index (χ3v) is 11.2. The quantitative estimate of drug-likeness (QED) is 0.119. The molecule has 8 nitrogen and oxygen atoms in total. The lowest BCUT2D eigenvalue weighted by Gasteiger charge is -2.43. The molecule has 6 atom stereocenters. The summed E-state index contributed by atoms with van der Waals surface area (Å²) in [5.41, 5.74) is 6.27. The van der Waals surface area contributed by atoms with Crippen LogP contribution in [-0.2, 0) is 32.6 Å². The van der Waals surface area contributed by atoms with Crippen molar-refractivity contribution in [2.45, 2.75) is 62.5 Å². The van der Waals surface area contributed by atoms with Gasteiger partial charge in [-0.2, -0.15) is 0 Å². The molecule has 1 fully saturated rings. The molecule has 5 aromatic rings. The van der Waals surface area contributed by atoms with E-state index in [2.05, 4.69) is 22.6 Å². The molecule has 51 heavy (non-hydrogen) atoms. The van der Waals surface area contributed by atoms with Crippen LogP contribution >= 0.6 is 0 Å². The second-order valence-corrected chi connectivity index (χ2v) is 15.1. The van der Waals surface area contributed by atoms with Gasteiger partial charge in [-0.15, -0.1) is 0 Å². The van der Waals surface area contributed by atoms with Crippen LogP contribution in [0.5, 0.6) is 0 Å². The molecule has 0 bridgehead atoms. The maximum atomic E-state index is 12.8. The van der Waals surface area contributed by atoms with Crippen LogP contribution in [0, 0.1) is 5.92 Å². The summed E-state index contributed by atoms with van der Waals surface area (Å²) < 4.78 is 41.9. The molecule has 0 aliphatic carbocycles. The number of sulfonamides is 1. The Morgan fingerprint density at radius 1 is 0.765 bits per heavy atom. The van der Waals surface area contributed by atoms with E-state index in [1.54, 1.807) is 30.3 Å². The Hall–Kier alpha value is -4.19. The molecule has 5 aromatic carbocycles. The fourth-order valence-corrected chi connectivity index (χ4v) is 7.57. The largest absolute Gasteiger partial charge is 0.392 e. The fourth-order valence-electron chi connectivity index (χ4n) is 6.53. The highest BCUT2D eigenvalue weighted by molar-refractivity contribution is 7.89. The van der Waals surface area contributed by atoms with Crippen molar-refractivity contribution in [1.82, 2.24) is 9.62 Å². The van der Waals surface area contributed by atoms with Gasteiger partial charge in [0.15, 0.2) is 6.29 Å². The van der Waals surface area contributed by atoms with E-state index >= 15 is 0 Å². The molecule has 0 unspecified atom stereocenters. The minimum absolute atomic E-state index is 0.0238. The maximum absolute atomic E-state index is 12.8. The molecule has 0 spiro atoms. The van der Waals surface area contributed by atoms with Crippen LogP contribution in [0.2, 0.25) is 0 Å². The summed E-state index contributed by atoms with van der Waals surface area (Å²) in [5.74, 6) is -0.0238. The first-order valence-corrected chi connectivity index (χ1v) is 18.8. The Bertz CT molecular complexity index is 1970. The van der Waals surface area contributed by atoms with Crippen LogP contribution in [0.1, 0.15) is 60.2 Å². The van der Waals surface area contributed by atoms with Gasteiger partial charge in [-0.05, 0) is 71.6 Å². The van der Waals surface area contributed by atoms with Gasteiger partial charge in [0.25, 0.3) is 0 Å². The number of ether oxygens (including phenoxy) is 2. The first kappa shape index (κ1) is 36.6. The number of likely N-dealkylation sites (N-methyl/N-ethyl adjacent to an activating group) is 1. The number of nitrogens with zero attached hydrogens (tertiary/aromatic N) is 1. The van der Waals surface area contributed by atoms with E-state index in [1.807, 2.05) is 111 Å². The van der Waals surface area contributed by atoms with E-state index in [1.165, 1.54) is 0 Å². The van der Waals surface area contributed by atoms with E-state index < -0.39 is 22.4 Å². The molecule has 0 aromatic heterocycles. The topological polar surface area (TPSA) is 108 Å². The van der Waals surface area contributed by atoms with Crippen molar-refractivity contribution in [2.24, 2.45) is 5.92 Å². The zero-order valence-corrected chi connectivity index (χ0v) is 30.0. The van der Waals surface area contributed by atoms with Crippen molar-refractivity contribution in [2.75, 3.05) is 13.6 Å². The molecule has 0 amide bonds. The minimum Gasteiger partial charge on any atom is -0.392 e. The average molecular weight is 707 g/mol. The highest BCUT2D eigenvalue weighted by Gasteiger charge is 2.39. The highest BCUT2D eigenvalue weighted by atomic mass is 32.2. The Labute approximate surface area is 301 Å². The van der Waals surface area contributed by atoms with Crippen LogP contribution in [0.15, 0.2) is 138 Å². The third-order valence-electron chi connectivity index (χ3n) is 9.82. The second kappa shape index (κ2) is 16.4. The van der Waals surface area contributed by atoms with Gasteiger partial charge in [0.1, 0.15) is 0 Å². The van der Waals surface area contributed by atoms with Gasteiger partial charge in [-0.25, -0.2) is 13.1 Å². The summed E-state index contributed by atoms with van der Waals surface area (Å²) in [6.45, 7) is 4.84. The number of rotatable bonds is 13. The van der Waals surface area contributed by atoms with E-state index in [0.717, 1.165) is 38.9 Å². The van der Waals surface area contributed by atoms with Gasteiger partial charge in [0, 0.05) is 30.6 Å². The average Bonchev–Trinajstić information content (AvgIpc) is 3.18. The smallest absolute Gasteiger partial charge is 0.240 e. The highest BCUT2D eigenvalue weighted by Crippen LogP contribution is 2.42. The number of hydrogen-bond acceptors (Lipinski definition) is 7. The molecule has 3 N–H and O–H groups in total. The van der Waals surface area contributed by atoms with Gasteiger partial charge in [0.2, 0.25) is 10.0 Å². The Morgan fingerprint density at radius 3 is 2.10 bits per heavy atom. The lowest BCUT2D eigenvalue weighted by Crippen LogP contribution is -2.46. The van der Waals surface area contributed by atoms with Crippen molar-refractivity contribution in [3.05, 3.63) is 161 Å². The predicted molar refractivity (Wildman–Crippen MR) is 199 cm³/mol. The van der Waals surface area contributed by atoms with Gasteiger partial charge >= 0.3 is 0 Å². The monoisotopic (exact) mass is 706 g/mol. The summed E-state index contributed by atoms with van der Waals surface area (Å²) in [6.07, 6.45) is -1.84. The van der Waals surface area contributed by atoms with Crippen molar-refractivity contribution >= 4 is 10.0 Å². The van der Waals surface area contributed by atoms with Crippen molar-refractivity contribution in [3.8, 4) is 11.1 Å². The van der Waals surface area contributed by atoms with E-state index in [0.29, 0.717) is 6.54 Å². The standard InChI is InChI=1S/C42H46N2O6S/c1-29-39(27-44(3)30(2)40(46)33-13-6-4-7-14-33)49-42(50-41(29)34-22-20-31(28-45)21-23-34)37-17-11-16-36(25-37)35-15-10-12-32(24-35)26-43-51(47,48)38-18-8-5-9-19-38/h4-25,29-30,39-43,45-46H,26-28H2,1-3H3/t29-,30+,39+,40+,41+,42+/m0/s1. The molecule has 1 aliphatic heterocycles. The molecule has 0 radical (unpaired) electrons. The third kappa shape index (κ3) is 8.83. The first-order valence-electron chi connectivity index (χ1n) is 17.3. The van der Waals surface area contributed by atoms with Crippen molar-refractivity contribution < 1.29 is 28.1 Å². The number of benzene rings is 5. The van der Waals surface area contributed by atoms with Gasteiger partial charge < -0.3 is 19.7 Å². The summed E-state index contributed by atoms with van der Waals surface area (Å²) in [4.78, 5) is 2.37. The van der Waals surface area contributed by atoms with Gasteiger partial charge in [-0.3, -0.25) is 4.90 Å². The van der Waals surface area contributed by atoms with Crippen LogP contribution < -0.4 is 4.72 Å². The molecule has 6 rings (SSSR count). The molecule has 9 heteroatoms. The number of aliphatic hydroxyl groups is 2. The van der Waals surface area contributed by atoms with Crippen LogP contribution in [0.25, 0.3) is 11.1 Å². The van der Waals surface area contributed by atoms with Crippen molar-refractivity contribution in [3.63, 3.8) is 0 Å². The fraction of sp³-hybridized carbons (Fsp3) is 0.286. The molecular formula is C42H46N2O6S. The molecule has 266 valence electrons. The second-order valence-electron chi connectivity index (χ2n) is 13.3. The minimum atomic E-state index is -3.65. The Balaban J connectivity index is 1.23. The number of aliphatic hydroxyl groups excluding tert-OH is 2. The number of nitrogens with one attached hydrogen (secondary N) is 1. The molecule has 1 saturated heterocycles. The lowest BCUT2D eigenvalue weighted by molar-refractivity contribution is -0.276. The van der Waals surface area contributed by atoms with Crippen LogP contribution in [0.4, 0.5) is 0 Å². The van der Waals surface area contributed by atoms with Crippen LogP contribution in [0.3, 0.4) is 0 Å². The normalized spacial score (nSPS) is 20.6. The van der Waals surface area contributed by atoms with Crippen LogP contribution in [-0.4, -0.2) is 49.3 Å². The summed E-state index contributed by atoms with van der Waals surface area (Å²) in [6, 6.07) is 41.6. The van der Waals surface area contributed by atoms with E-state index in [-0.39, 0.29) is 42.2 Å².